The predicted octanol–water partition coefficient (Wildman–Crippen LogP) is 3.68. The van der Waals surface area contributed by atoms with Gasteiger partial charge in [0.2, 0.25) is 0 Å². The number of hydrogen-bond acceptors (Lipinski definition) is 3. The summed E-state index contributed by atoms with van der Waals surface area (Å²) in [5.74, 6) is 0.739. The Labute approximate surface area is 114 Å². The van der Waals surface area contributed by atoms with Gasteiger partial charge < -0.3 is 10.5 Å². The van der Waals surface area contributed by atoms with Gasteiger partial charge in [-0.25, -0.2) is 0 Å². The van der Waals surface area contributed by atoms with Crippen molar-refractivity contribution in [1.29, 1.82) is 5.26 Å². The molecular formula is C14H19ClN2O. The maximum atomic E-state index is 8.93. The van der Waals surface area contributed by atoms with E-state index in [4.69, 9.17) is 27.3 Å². The summed E-state index contributed by atoms with van der Waals surface area (Å²) in [5, 5.41) is 9.57. The topological polar surface area (TPSA) is 59.0 Å². The van der Waals surface area contributed by atoms with Crippen molar-refractivity contribution in [2.45, 2.75) is 33.2 Å². The molecule has 0 amide bonds. The standard InChI is InChI=1S/C14H19ClN2O/c1-10(17)12-8-11(15)4-5-13(12)18-7-6-14(2,3)9-16/h4-5,8,10H,6-7,17H2,1-3H3. The first-order valence-corrected chi connectivity index (χ1v) is 6.32. The lowest BCUT2D eigenvalue weighted by molar-refractivity contribution is 0.261. The largest absolute Gasteiger partial charge is 0.493 e. The van der Waals surface area contributed by atoms with Crippen molar-refractivity contribution in [3.05, 3.63) is 28.8 Å². The third kappa shape index (κ3) is 4.21. The summed E-state index contributed by atoms with van der Waals surface area (Å²) in [6, 6.07) is 7.52. The fraction of sp³-hybridized carbons (Fsp3) is 0.500. The smallest absolute Gasteiger partial charge is 0.124 e. The maximum Gasteiger partial charge on any atom is 0.124 e. The fourth-order valence-corrected chi connectivity index (χ4v) is 1.66. The Balaban J connectivity index is 2.71. The summed E-state index contributed by atoms with van der Waals surface area (Å²) >= 11 is 5.94. The Morgan fingerprint density at radius 1 is 1.50 bits per heavy atom. The highest BCUT2D eigenvalue weighted by atomic mass is 35.5. The molecule has 0 fully saturated rings. The van der Waals surface area contributed by atoms with Crippen molar-refractivity contribution in [2.24, 2.45) is 11.1 Å². The minimum atomic E-state index is -0.374. The van der Waals surface area contributed by atoms with Gasteiger partial charge >= 0.3 is 0 Å². The number of halogens is 1. The second-order valence-corrected chi connectivity index (χ2v) is 5.50. The molecule has 4 heteroatoms. The zero-order valence-electron chi connectivity index (χ0n) is 11.0. The van der Waals surface area contributed by atoms with Crippen molar-refractivity contribution in [3.63, 3.8) is 0 Å². The van der Waals surface area contributed by atoms with Crippen LogP contribution in [0.5, 0.6) is 5.75 Å². The fourth-order valence-electron chi connectivity index (χ4n) is 1.48. The molecule has 2 N–H and O–H groups in total. The molecule has 98 valence electrons. The van der Waals surface area contributed by atoms with E-state index < -0.39 is 0 Å². The van der Waals surface area contributed by atoms with E-state index in [1.165, 1.54) is 0 Å². The molecule has 0 bridgehead atoms. The molecule has 0 aliphatic carbocycles. The van der Waals surface area contributed by atoms with E-state index in [2.05, 4.69) is 6.07 Å². The average Bonchev–Trinajstić information content (AvgIpc) is 2.30. The Bertz CT molecular complexity index is 450. The summed E-state index contributed by atoms with van der Waals surface area (Å²) < 4.78 is 5.70. The number of hydrogen-bond donors (Lipinski definition) is 1. The molecule has 1 aromatic rings. The third-order valence-corrected chi connectivity index (χ3v) is 2.98. The molecule has 0 saturated carbocycles. The molecule has 18 heavy (non-hydrogen) atoms. The van der Waals surface area contributed by atoms with Gasteiger partial charge in [0.25, 0.3) is 0 Å². The van der Waals surface area contributed by atoms with Gasteiger partial charge in [-0.1, -0.05) is 11.6 Å². The van der Waals surface area contributed by atoms with Gasteiger partial charge in [-0.3, -0.25) is 0 Å². The molecule has 0 aliphatic heterocycles. The van der Waals surface area contributed by atoms with Crippen molar-refractivity contribution in [1.82, 2.24) is 0 Å². The summed E-state index contributed by atoms with van der Waals surface area (Å²) in [7, 11) is 0. The molecule has 0 aromatic heterocycles. The van der Waals surface area contributed by atoms with Crippen LogP contribution in [0.15, 0.2) is 18.2 Å². The minimum absolute atomic E-state index is 0.136. The summed E-state index contributed by atoms with van der Waals surface area (Å²) in [4.78, 5) is 0. The zero-order chi connectivity index (χ0) is 13.8. The van der Waals surface area contributed by atoms with Crippen molar-refractivity contribution in [3.8, 4) is 11.8 Å². The van der Waals surface area contributed by atoms with E-state index >= 15 is 0 Å². The SMILES string of the molecule is CC(N)c1cc(Cl)ccc1OCCC(C)(C)C#N. The van der Waals surface area contributed by atoms with Gasteiger partial charge in [0.05, 0.1) is 18.1 Å². The second kappa shape index (κ2) is 6.08. The average molecular weight is 267 g/mol. The lowest BCUT2D eigenvalue weighted by atomic mass is 9.92. The molecule has 0 aliphatic rings. The van der Waals surface area contributed by atoms with E-state index in [1.807, 2.05) is 32.9 Å². The van der Waals surface area contributed by atoms with Gasteiger partial charge in [-0.15, -0.1) is 0 Å². The van der Waals surface area contributed by atoms with Crippen LogP contribution < -0.4 is 10.5 Å². The molecule has 1 rings (SSSR count). The normalized spacial score (nSPS) is 12.9. The number of rotatable bonds is 5. The van der Waals surface area contributed by atoms with Crippen molar-refractivity contribution >= 4 is 11.6 Å². The maximum absolute atomic E-state index is 8.93. The van der Waals surface area contributed by atoms with Crippen LogP contribution in [0.4, 0.5) is 0 Å². The van der Waals surface area contributed by atoms with E-state index in [0.29, 0.717) is 18.1 Å². The molecule has 0 spiro atoms. The van der Waals surface area contributed by atoms with Crippen LogP contribution in [0.25, 0.3) is 0 Å². The first-order chi connectivity index (χ1) is 8.35. The zero-order valence-corrected chi connectivity index (χ0v) is 11.8. The lowest BCUT2D eigenvalue weighted by Crippen LogP contribution is -2.14. The molecule has 1 aromatic carbocycles. The molecule has 1 atom stereocenters. The number of benzene rings is 1. The Morgan fingerprint density at radius 3 is 2.72 bits per heavy atom. The molecule has 0 heterocycles. The van der Waals surface area contributed by atoms with Gasteiger partial charge in [0.1, 0.15) is 5.75 Å². The number of nitriles is 1. The molecular weight excluding hydrogens is 248 g/mol. The van der Waals surface area contributed by atoms with Crippen LogP contribution >= 0.6 is 11.6 Å². The highest BCUT2D eigenvalue weighted by molar-refractivity contribution is 6.30. The van der Waals surface area contributed by atoms with Crippen LogP contribution in [0.2, 0.25) is 5.02 Å². The van der Waals surface area contributed by atoms with Crippen LogP contribution in [0.3, 0.4) is 0 Å². The Hall–Kier alpha value is -1.24. The lowest BCUT2D eigenvalue weighted by Gasteiger charge is -2.18. The van der Waals surface area contributed by atoms with E-state index in [0.717, 1.165) is 11.3 Å². The Morgan fingerprint density at radius 2 is 2.17 bits per heavy atom. The third-order valence-electron chi connectivity index (χ3n) is 2.75. The summed E-state index contributed by atoms with van der Waals surface area (Å²) in [5.41, 5.74) is 6.39. The van der Waals surface area contributed by atoms with Gasteiger partial charge in [0.15, 0.2) is 0 Å². The van der Waals surface area contributed by atoms with Crippen LogP contribution in [0, 0.1) is 16.7 Å². The summed E-state index contributed by atoms with van der Waals surface area (Å²) in [6.45, 7) is 6.16. The Kier molecular flexibility index (Phi) is 5.01. The predicted molar refractivity (Wildman–Crippen MR) is 73.6 cm³/mol. The minimum Gasteiger partial charge on any atom is -0.493 e. The molecule has 0 radical (unpaired) electrons. The van der Waals surface area contributed by atoms with Crippen molar-refractivity contribution < 1.29 is 4.74 Å². The molecule has 1 unspecified atom stereocenters. The number of ether oxygens (including phenoxy) is 1. The molecule has 3 nitrogen and oxygen atoms in total. The highest BCUT2D eigenvalue weighted by Crippen LogP contribution is 2.28. The second-order valence-electron chi connectivity index (χ2n) is 5.06. The first-order valence-electron chi connectivity index (χ1n) is 5.95. The van der Waals surface area contributed by atoms with Gasteiger partial charge in [-0.2, -0.15) is 5.26 Å². The van der Waals surface area contributed by atoms with Crippen LogP contribution in [0.1, 0.15) is 38.8 Å². The monoisotopic (exact) mass is 266 g/mol. The highest BCUT2D eigenvalue weighted by Gasteiger charge is 2.17. The van der Waals surface area contributed by atoms with E-state index in [1.54, 1.807) is 6.07 Å². The van der Waals surface area contributed by atoms with Gasteiger partial charge in [0, 0.05) is 16.6 Å². The van der Waals surface area contributed by atoms with Crippen LogP contribution in [-0.2, 0) is 0 Å². The number of nitrogens with zero attached hydrogens (tertiary/aromatic N) is 1. The van der Waals surface area contributed by atoms with E-state index in [-0.39, 0.29) is 11.5 Å². The van der Waals surface area contributed by atoms with Gasteiger partial charge in [-0.05, 0) is 45.4 Å². The number of nitrogens with two attached hydrogens (primary N) is 1. The first kappa shape index (κ1) is 14.8. The molecule has 0 saturated heterocycles. The van der Waals surface area contributed by atoms with Crippen LogP contribution in [-0.4, -0.2) is 6.61 Å². The quantitative estimate of drug-likeness (QED) is 0.884. The summed E-state index contributed by atoms with van der Waals surface area (Å²) in [6.07, 6.45) is 0.671. The van der Waals surface area contributed by atoms with Crippen molar-refractivity contribution in [2.75, 3.05) is 6.61 Å². The van der Waals surface area contributed by atoms with E-state index in [9.17, 15) is 0 Å².